The van der Waals surface area contributed by atoms with Gasteiger partial charge in [0, 0.05) is 10.7 Å². The second kappa shape index (κ2) is 8.50. The van der Waals surface area contributed by atoms with E-state index in [1.54, 1.807) is 29.2 Å². The number of carbonyl (C=O) groups excluding carboxylic acids is 1. The first-order valence-electron chi connectivity index (χ1n) is 10.9. The molecule has 0 saturated heterocycles. The molecule has 1 atom stereocenters. The predicted octanol–water partition coefficient (Wildman–Crippen LogP) is 6.38. The van der Waals surface area contributed by atoms with E-state index >= 15 is 0 Å². The van der Waals surface area contributed by atoms with Crippen molar-refractivity contribution >= 4 is 34.2 Å². The van der Waals surface area contributed by atoms with Crippen molar-refractivity contribution in [2.75, 3.05) is 11.5 Å². The fourth-order valence-electron chi connectivity index (χ4n) is 4.30. The van der Waals surface area contributed by atoms with Crippen molar-refractivity contribution in [2.45, 2.75) is 19.9 Å². The van der Waals surface area contributed by atoms with Gasteiger partial charge in [-0.1, -0.05) is 42.5 Å². The number of ether oxygens (including phenoxy) is 1. The summed E-state index contributed by atoms with van der Waals surface area (Å²) >= 11 is 6.16. The Kier molecular flexibility index (Phi) is 5.50. The van der Waals surface area contributed by atoms with Gasteiger partial charge in [-0.05, 0) is 73.0 Å². The number of rotatable bonds is 5. The normalized spacial score (nSPS) is 15.0. The van der Waals surface area contributed by atoms with Gasteiger partial charge in [-0.25, -0.2) is 0 Å². The Morgan fingerprint density at radius 2 is 1.79 bits per heavy atom. The number of hydrogen-bond acceptors (Lipinski definition) is 4. The lowest BCUT2D eigenvalue weighted by atomic mass is 9.98. The van der Waals surface area contributed by atoms with E-state index in [1.165, 1.54) is 0 Å². The molecule has 0 bridgehead atoms. The molecule has 5 rings (SSSR count). The highest BCUT2D eigenvalue weighted by molar-refractivity contribution is 6.31. The molecular formula is C28H22ClNO4. The van der Waals surface area contributed by atoms with Crippen molar-refractivity contribution in [1.82, 2.24) is 0 Å². The summed E-state index contributed by atoms with van der Waals surface area (Å²) in [6.45, 7) is 8.06. The standard InChI is InChI=1S/C28H22ClNO4/c1-4-13-33-21-10-6-18(7-11-21)25-24-26(31)22-15-19(29)8-12-23(22)34-27(24)28(32)30(25)20-9-5-16(2)17(3)14-20/h4-12,14-15,25H,1,13H2,2-3H3. The number of amides is 1. The summed E-state index contributed by atoms with van der Waals surface area (Å²) in [5, 5.41) is 0.771. The zero-order chi connectivity index (χ0) is 24.0. The van der Waals surface area contributed by atoms with Gasteiger partial charge in [0.05, 0.1) is 17.0 Å². The Morgan fingerprint density at radius 3 is 2.50 bits per heavy atom. The van der Waals surface area contributed by atoms with Crippen molar-refractivity contribution in [2.24, 2.45) is 0 Å². The molecule has 0 fully saturated rings. The highest BCUT2D eigenvalue weighted by Gasteiger charge is 2.43. The highest BCUT2D eigenvalue weighted by atomic mass is 35.5. The monoisotopic (exact) mass is 471 g/mol. The van der Waals surface area contributed by atoms with Crippen LogP contribution < -0.4 is 15.1 Å². The van der Waals surface area contributed by atoms with Gasteiger partial charge in [0.25, 0.3) is 5.91 Å². The number of fused-ring (bicyclic) bond motifs is 2. The van der Waals surface area contributed by atoms with E-state index in [0.717, 1.165) is 16.7 Å². The zero-order valence-corrected chi connectivity index (χ0v) is 19.6. The molecule has 34 heavy (non-hydrogen) atoms. The fourth-order valence-corrected chi connectivity index (χ4v) is 4.48. The molecule has 2 heterocycles. The minimum Gasteiger partial charge on any atom is -0.490 e. The van der Waals surface area contributed by atoms with E-state index < -0.39 is 6.04 Å². The molecule has 5 nitrogen and oxygen atoms in total. The molecule has 1 unspecified atom stereocenters. The highest BCUT2D eigenvalue weighted by Crippen LogP contribution is 2.42. The minimum atomic E-state index is -0.655. The van der Waals surface area contributed by atoms with Gasteiger partial charge in [-0.15, -0.1) is 0 Å². The van der Waals surface area contributed by atoms with E-state index in [2.05, 4.69) is 6.58 Å². The molecule has 1 aromatic heterocycles. The van der Waals surface area contributed by atoms with Crippen LogP contribution in [-0.2, 0) is 0 Å². The summed E-state index contributed by atoms with van der Waals surface area (Å²) in [6.07, 6.45) is 1.67. The molecule has 0 saturated carbocycles. The van der Waals surface area contributed by atoms with Gasteiger partial charge < -0.3 is 9.15 Å². The van der Waals surface area contributed by atoms with E-state index in [1.807, 2.05) is 56.3 Å². The van der Waals surface area contributed by atoms with Crippen LogP contribution in [0, 0.1) is 13.8 Å². The van der Waals surface area contributed by atoms with Gasteiger partial charge >= 0.3 is 0 Å². The molecule has 0 N–H and O–H groups in total. The minimum absolute atomic E-state index is 0.0510. The van der Waals surface area contributed by atoms with Crippen molar-refractivity contribution in [1.29, 1.82) is 0 Å². The zero-order valence-electron chi connectivity index (χ0n) is 18.8. The first-order chi connectivity index (χ1) is 16.4. The lowest BCUT2D eigenvalue weighted by Crippen LogP contribution is -2.29. The fraction of sp³-hybridized carbons (Fsp3) is 0.143. The van der Waals surface area contributed by atoms with Crippen LogP contribution in [0.1, 0.15) is 38.9 Å². The van der Waals surface area contributed by atoms with Crippen LogP contribution in [0.5, 0.6) is 5.75 Å². The largest absolute Gasteiger partial charge is 0.490 e. The topological polar surface area (TPSA) is 59.8 Å². The summed E-state index contributed by atoms with van der Waals surface area (Å²) in [5.41, 5.74) is 3.98. The predicted molar refractivity (Wildman–Crippen MR) is 134 cm³/mol. The maximum atomic E-state index is 13.7. The van der Waals surface area contributed by atoms with Crippen LogP contribution in [0.15, 0.2) is 82.5 Å². The van der Waals surface area contributed by atoms with E-state index in [4.69, 9.17) is 20.8 Å². The van der Waals surface area contributed by atoms with E-state index in [9.17, 15) is 9.59 Å². The summed E-state index contributed by atoms with van der Waals surface area (Å²) in [5.74, 6) is 0.363. The number of aryl methyl sites for hydroxylation is 2. The SMILES string of the molecule is C=CCOc1ccc(C2c3c(oc4ccc(Cl)cc4c3=O)C(=O)N2c2ccc(C)c(C)c2)cc1. The van der Waals surface area contributed by atoms with E-state index in [-0.39, 0.29) is 17.1 Å². The van der Waals surface area contributed by atoms with Crippen LogP contribution in [0.2, 0.25) is 5.02 Å². The second-order valence-corrected chi connectivity index (χ2v) is 8.77. The van der Waals surface area contributed by atoms with Crippen LogP contribution in [0.3, 0.4) is 0 Å². The molecule has 4 aromatic rings. The molecular weight excluding hydrogens is 450 g/mol. The molecule has 0 aliphatic carbocycles. The Balaban J connectivity index is 1.74. The van der Waals surface area contributed by atoms with Gasteiger partial charge in [0.15, 0.2) is 5.43 Å². The van der Waals surface area contributed by atoms with Crippen molar-refractivity contribution in [3.05, 3.63) is 117 Å². The molecule has 6 heteroatoms. The van der Waals surface area contributed by atoms with Crippen LogP contribution in [0.4, 0.5) is 5.69 Å². The van der Waals surface area contributed by atoms with Crippen LogP contribution in [-0.4, -0.2) is 12.5 Å². The van der Waals surface area contributed by atoms with Crippen molar-refractivity contribution in [3.8, 4) is 5.75 Å². The molecule has 1 aliphatic rings. The average molecular weight is 472 g/mol. The third kappa shape index (κ3) is 3.58. The summed E-state index contributed by atoms with van der Waals surface area (Å²) in [6, 6.07) is 17.4. The molecule has 3 aromatic carbocycles. The van der Waals surface area contributed by atoms with Crippen LogP contribution in [0.25, 0.3) is 11.0 Å². The quantitative estimate of drug-likeness (QED) is 0.317. The number of carbonyl (C=O) groups is 1. The van der Waals surface area contributed by atoms with Gasteiger partial charge in [-0.2, -0.15) is 0 Å². The summed E-state index contributed by atoms with van der Waals surface area (Å²) in [7, 11) is 0. The van der Waals surface area contributed by atoms with Crippen LogP contribution >= 0.6 is 11.6 Å². The number of nitrogens with zero attached hydrogens (tertiary/aromatic N) is 1. The van der Waals surface area contributed by atoms with E-state index in [0.29, 0.717) is 39.6 Å². The van der Waals surface area contributed by atoms with Gasteiger partial charge in [0.2, 0.25) is 5.76 Å². The summed E-state index contributed by atoms with van der Waals surface area (Å²) < 4.78 is 11.6. The molecule has 1 amide bonds. The van der Waals surface area contributed by atoms with Crippen molar-refractivity contribution in [3.63, 3.8) is 0 Å². The maximum Gasteiger partial charge on any atom is 0.295 e. The first-order valence-corrected chi connectivity index (χ1v) is 11.3. The van der Waals surface area contributed by atoms with Crippen molar-refractivity contribution < 1.29 is 13.9 Å². The Labute approximate surface area is 201 Å². The van der Waals surface area contributed by atoms with Gasteiger partial charge in [-0.3, -0.25) is 14.5 Å². The molecule has 170 valence electrons. The maximum absolute atomic E-state index is 13.7. The molecule has 1 aliphatic heterocycles. The average Bonchev–Trinajstić information content (AvgIpc) is 3.13. The number of benzene rings is 3. The second-order valence-electron chi connectivity index (χ2n) is 8.33. The smallest absolute Gasteiger partial charge is 0.295 e. The third-order valence-corrected chi connectivity index (χ3v) is 6.40. The van der Waals surface area contributed by atoms with Gasteiger partial charge in [0.1, 0.15) is 17.9 Å². The Morgan fingerprint density at radius 1 is 1.03 bits per heavy atom. The Hall–Kier alpha value is -3.83. The third-order valence-electron chi connectivity index (χ3n) is 6.16. The number of hydrogen-bond donors (Lipinski definition) is 0. The molecule has 0 spiro atoms. The first kappa shape index (κ1) is 22.0. The number of anilines is 1. The lowest BCUT2D eigenvalue weighted by Gasteiger charge is -2.26. The number of halogens is 1. The Bertz CT molecular complexity index is 1500. The lowest BCUT2D eigenvalue weighted by molar-refractivity contribution is 0.0971. The molecule has 0 radical (unpaired) electrons. The summed E-state index contributed by atoms with van der Waals surface area (Å²) in [4.78, 5) is 29.0.